The van der Waals surface area contributed by atoms with Crippen LogP contribution >= 0.6 is 12.4 Å². The van der Waals surface area contributed by atoms with Crippen LogP contribution in [-0.2, 0) is 11.2 Å². The largest absolute Gasteiger partial charge is 0.476 e. The normalized spacial score (nSPS) is 13.4. The van der Waals surface area contributed by atoms with Crippen LogP contribution in [0.25, 0.3) is 0 Å². The van der Waals surface area contributed by atoms with Crippen molar-refractivity contribution in [2.75, 3.05) is 0 Å². The molecule has 0 unspecified atom stereocenters. The number of halogens is 1. The van der Waals surface area contributed by atoms with Crippen molar-refractivity contribution in [3.63, 3.8) is 0 Å². The molecule has 20 heavy (non-hydrogen) atoms. The van der Waals surface area contributed by atoms with Crippen molar-refractivity contribution in [1.82, 2.24) is 0 Å². The molecule has 1 N–H and O–H groups in total. The maximum absolute atomic E-state index is 11.2. The minimum Gasteiger partial charge on any atom is -0.476 e. The van der Waals surface area contributed by atoms with Gasteiger partial charge in [-0.15, -0.1) is 12.4 Å². The van der Waals surface area contributed by atoms with Crippen LogP contribution in [-0.4, -0.2) is 17.4 Å². The number of hydrogen-bond acceptors (Lipinski definition) is 3. The average molecular weight is 293 g/mol. The quantitative estimate of drug-likeness (QED) is 0.878. The van der Waals surface area contributed by atoms with Gasteiger partial charge in [-0.05, 0) is 23.3 Å². The zero-order chi connectivity index (χ0) is 13.2. The molecule has 2 aromatic carbocycles. The summed E-state index contributed by atoms with van der Waals surface area (Å²) in [6, 6.07) is 14.8. The number of carboxylic acids is 1. The zero-order valence-corrected chi connectivity index (χ0v) is 11.3. The summed E-state index contributed by atoms with van der Waals surface area (Å²) in [4.78, 5) is 11.2. The van der Waals surface area contributed by atoms with Gasteiger partial charge < -0.3 is 14.6 Å². The molecule has 1 aliphatic heterocycles. The molecule has 0 aliphatic carbocycles. The van der Waals surface area contributed by atoms with Crippen LogP contribution in [0.5, 0.6) is 11.5 Å². The van der Waals surface area contributed by atoms with E-state index in [-0.39, 0.29) is 12.4 Å². The van der Waals surface area contributed by atoms with Gasteiger partial charge in [-0.3, -0.25) is 0 Å². The Labute approximate surface area is 122 Å². The molecular weight excluding hydrogens is 280 g/mol. The molecule has 0 aromatic heterocycles. The lowest BCUT2D eigenvalue weighted by Crippen LogP contribution is -2.34. The fraction of sp³-hybridized carbons (Fsp3) is 0.133. The maximum Gasteiger partial charge on any atom is 0.387 e. The number of para-hydroxylation sites is 2. The van der Waals surface area contributed by atoms with Crippen molar-refractivity contribution in [3.05, 3.63) is 59.7 Å². The highest BCUT2D eigenvalue weighted by atomic mass is 35.5. The summed E-state index contributed by atoms with van der Waals surface area (Å²) in [7, 11) is 0. The van der Waals surface area contributed by atoms with E-state index in [1.807, 2.05) is 36.4 Å². The van der Waals surface area contributed by atoms with Crippen molar-refractivity contribution in [3.8, 4) is 11.5 Å². The van der Waals surface area contributed by atoms with Gasteiger partial charge in [0.2, 0.25) is 0 Å². The molecular formula is C15H13ClO4. The van der Waals surface area contributed by atoms with Crippen LogP contribution in [0.3, 0.4) is 0 Å². The minimum atomic E-state index is -1.33. The fourth-order valence-electron chi connectivity index (χ4n) is 2.09. The van der Waals surface area contributed by atoms with E-state index in [1.165, 1.54) is 0 Å². The van der Waals surface area contributed by atoms with E-state index in [9.17, 15) is 4.79 Å². The molecule has 0 saturated carbocycles. The number of carbonyl (C=O) groups is 1. The second-order valence-electron chi connectivity index (χ2n) is 4.30. The lowest BCUT2D eigenvalue weighted by molar-refractivity contribution is -0.158. The molecule has 0 spiro atoms. The Bertz CT molecular complexity index is 579. The summed E-state index contributed by atoms with van der Waals surface area (Å²) >= 11 is 0. The first kappa shape index (κ1) is 14.2. The molecule has 0 radical (unpaired) electrons. The molecule has 2 aromatic rings. The maximum atomic E-state index is 11.2. The molecule has 1 aliphatic rings. The first-order valence-corrected chi connectivity index (χ1v) is 5.96. The predicted molar refractivity (Wildman–Crippen MR) is 75.6 cm³/mol. The van der Waals surface area contributed by atoms with E-state index in [0.29, 0.717) is 17.9 Å². The third-order valence-corrected chi connectivity index (χ3v) is 3.00. The van der Waals surface area contributed by atoms with Crippen molar-refractivity contribution in [2.45, 2.75) is 12.7 Å². The van der Waals surface area contributed by atoms with Crippen LogP contribution in [0.15, 0.2) is 48.5 Å². The Morgan fingerprint density at radius 2 is 1.40 bits per heavy atom. The third-order valence-electron chi connectivity index (χ3n) is 3.00. The molecule has 0 fully saturated rings. The number of carboxylic acid groups (broad SMARTS) is 1. The van der Waals surface area contributed by atoms with Crippen LogP contribution < -0.4 is 9.47 Å². The average Bonchev–Trinajstić information content (AvgIpc) is 2.38. The summed E-state index contributed by atoms with van der Waals surface area (Å²) in [6.45, 7) is 0. The van der Waals surface area contributed by atoms with Gasteiger partial charge in [-0.2, -0.15) is 0 Å². The van der Waals surface area contributed by atoms with E-state index in [2.05, 4.69) is 0 Å². The van der Waals surface area contributed by atoms with Gasteiger partial charge in [0, 0.05) is 6.42 Å². The monoisotopic (exact) mass is 292 g/mol. The highest BCUT2D eigenvalue weighted by Gasteiger charge is 2.26. The second-order valence-corrected chi connectivity index (χ2v) is 4.30. The van der Waals surface area contributed by atoms with E-state index in [4.69, 9.17) is 14.6 Å². The molecule has 4 nitrogen and oxygen atoms in total. The predicted octanol–water partition coefficient (Wildman–Crippen LogP) is 2.88. The number of fused-ring (bicyclic) bond motifs is 2. The molecule has 5 heteroatoms. The Morgan fingerprint density at radius 1 is 0.950 bits per heavy atom. The van der Waals surface area contributed by atoms with Crippen molar-refractivity contribution in [1.29, 1.82) is 0 Å². The van der Waals surface area contributed by atoms with E-state index < -0.39 is 12.3 Å². The van der Waals surface area contributed by atoms with Crippen LogP contribution in [0.1, 0.15) is 11.1 Å². The number of ether oxygens (including phenoxy) is 2. The fourth-order valence-corrected chi connectivity index (χ4v) is 2.09. The standard InChI is InChI=1S/C15H12O4.ClH/c16-14(17)15-18-12-7-3-1-5-10(12)9-11-6-2-4-8-13(11)19-15;/h1-8,15H,9H2,(H,16,17);1H. The van der Waals surface area contributed by atoms with E-state index in [0.717, 1.165) is 11.1 Å². The van der Waals surface area contributed by atoms with Gasteiger partial charge in [0.1, 0.15) is 11.5 Å². The summed E-state index contributed by atoms with van der Waals surface area (Å²) in [6.07, 6.45) is -0.679. The van der Waals surface area contributed by atoms with Crippen LogP contribution in [0.4, 0.5) is 0 Å². The molecule has 0 bridgehead atoms. The highest BCUT2D eigenvalue weighted by molar-refractivity contribution is 5.85. The van der Waals surface area contributed by atoms with Crippen molar-refractivity contribution < 1.29 is 19.4 Å². The number of benzene rings is 2. The molecule has 0 amide bonds. The SMILES string of the molecule is Cl.O=C(O)C1Oc2ccccc2Cc2ccccc2O1. The summed E-state index contributed by atoms with van der Waals surface area (Å²) in [5.41, 5.74) is 1.90. The van der Waals surface area contributed by atoms with Crippen molar-refractivity contribution >= 4 is 18.4 Å². The number of rotatable bonds is 1. The van der Waals surface area contributed by atoms with E-state index in [1.54, 1.807) is 12.1 Å². The summed E-state index contributed by atoms with van der Waals surface area (Å²) in [5.74, 6) is -0.0553. The van der Waals surface area contributed by atoms with Gasteiger partial charge in [0.25, 0.3) is 0 Å². The second kappa shape index (κ2) is 5.84. The molecule has 3 rings (SSSR count). The molecule has 0 saturated heterocycles. The van der Waals surface area contributed by atoms with Gasteiger partial charge in [0.15, 0.2) is 0 Å². The highest BCUT2D eigenvalue weighted by Crippen LogP contribution is 2.30. The zero-order valence-electron chi connectivity index (χ0n) is 10.5. The minimum absolute atomic E-state index is 0. The Kier molecular flexibility index (Phi) is 4.15. The smallest absolute Gasteiger partial charge is 0.387 e. The lowest BCUT2D eigenvalue weighted by Gasteiger charge is -2.23. The van der Waals surface area contributed by atoms with Crippen LogP contribution in [0.2, 0.25) is 0 Å². The molecule has 1 heterocycles. The third kappa shape index (κ3) is 2.70. The molecule has 0 atom stereocenters. The number of aliphatic carboxylic acids is 1. The first-order valence-electron chi connectivity index (χ1n) is 5.96. The van der Waals surface area contributed by atoms with E-state index >= 15 is 0 Å². The number of hydrogen-bond donors (Lipinski definition) is 1. The lowest BCUT2D eigenvalue weighted by atomic mass is 10.0. The van der Waals surface area contributed by atoms with Gasteiger partial charge >= 0.3 is 12.3 Å². The van der Waals surface area contributed by atoms with Crippen molar-refractivity contribution in [2.24, 2.45) is 0 Å². The van der Waals surface area contributed by atoms with Gasteiger partial charge in [0.05, 0.1) is 0 Å². The summed E-state index contributed by atoms with van der Waals surface area (Å²) in [5, 5.41) is 9.16. The Hall–Kier alpha value is -2.20. The van der Waals surface area contributed by atoms with Gasteiger partial charge in [-0.25, -0.2) is 4.79 Å². The topological polar surface area (TPSA) is 55.8 Å². The summed E-state index contributed by atoms with van der Waals surface area (Å²) < 4.78 is 10.9. The van der Waals surface area contributed by atoms with Crippen LogP contribution in [0, 0.1) is 0 Å². The first-order chi connectivity index (χ1) is 9.24. The Morgan fingerprint density at radius 3 is 1.85 bits per heavy atom. The Balaban J connectivity index is 0.00000147. The van der Waals surface area contributed by atoms with Gasteiger partial charge in [-0.1, -0.05) is 36.4 Å². The molecule has 104 valence electrons.